The first-order valence-electron chi connectivity index (χ1n) is 8.08. The van der Waals surface area contributed by atoms with Crippen molar-refractivity contribution in [3.8, 4) is 11.5 Å². The van der Waals surface area contributed by atoms with Crippen LogP contribution in [-0.2, 0) is 10.2 Å². The van der Waals surface area contributed by atoms with Crippen LogP contribution in [0.15, 0.2) is 48.5 Å². The van der Waals surface area contributed by atoms with E-state index in [1.165, 1.54) is 12.1 Å². The van der Waals surface area contributed by atoms with Gasteiger partial charge in [0.05, 0.1) is 6.61 Å². The predicted molar refractivity (Wildman–Crippen MR) is 94.2 cm³/mol. The number of hydrogen-bond acceptors (Lipinski definition) is 5. The Morgan fingerprint density at radius 2 is 1.44 bits per heavy atom. The van der Waals surface area contributed by atoms with Gasteiger partial charge in [-0.2, -0.15) is 0 Å². The molecule has 0 aliphatic rings. The lowest BCUT2D eigenvalue weighted by Crippen LogP contribution is -2.19. The summed E-state index contributed by atoms with van der Waals surface area (Å²) in [5, 5.41) is 0. The molecule has 0 aliphatic carbocycles. The molecule has 0 N–H and O–H groups in total. The summed E-state index contributed by atoms with van der Waals surface area (Å²) in [6, 6.07) is 13.6. The summed E-state index contributed by atoms with van der Waals surface area (Å²) in [4.78, 5) is 24.1. The smallest absolute Gasteiger partial charge is 0.462 e. The van der Waals surface area contributed by atoms with Gasteiger partial charge in [-0.3, -0.25) is 0 Å². The van der Waals surface area contributed by atoms with Gasteiger partial charge < -0.3 is 14.2 Å². The average molecular weight is 342 g/mol. The number of esters is 1. The highest BCUT2D eigenvalue weighted by Crippen LogP contribution is 2.31. The summed E-state index contributed by atoms with van der Waals surface area (Å²) < 4.78 is 15.5. The van der Waals surface area contributed by atoms with Crippen LogP contribution >= 0.6 is 0 Å². The number of carbonyl (C=O) groups is 2. The van der Waals surface area contributed by atoms with Gasteiger partial charge in [-0.25, -0.2) is 9.59 Å². The van der Waals surface area contributed by atoms with Crippen LogP contribution in [0.25, 0.3) is 0 Å². The molecule has 0 heterocycles. The van der Waals surface area contributed by atoms with E-state index in [1.54, 1.807) is 31.2 Å². The van der Waals surface area contributed by atoms with E-state index in [0.717, 1.165) is 5.56 Å². The molecule has 0 unspecified atom stereocenters. The second kappa shape index (κ2) is 7.83. The van der Waals surface area contributed by atoms with Crippen LogP contribution < -0.4 is 9.47 Å². The Kier molecular flexibility index (Phi) is 5.80. The summed E-state index contributed by atoms with van der Waals surface area (Å²) in [5.41, 5.74) is 0.857. The maximum Gasteiger partial charge on any atom is 0.519 e. The first-order valence-corrected chi connectivity index (χ1v) is 8.08. The molecule has 0 aliphatic heterocycles. The molecule has 2 aromatic rings. The number of ether oxygens (including phenoxy) is 3. The molecule has 0 amide bonds. The lowest BCUT2D eigenvalue weighted by molar-refractivity contribution is 0.0522. The Hall–Kier alpha value is -2.82. The summed E-state index contributed by atoms with van der Waals surface area (Å²) in [7, 11) is 0. The third-order valence-corrected chi connectivity index (χ3v) is 3.46. The Morgan fingerprint density at radius 1 is 0.880 bits per heavy atom. The van der Waals surface area contributed by atoms with E-state index < -0.39 is 12.1 Å². The number of carbonyl (C=O) groups excluding carboxylic acids is 2. The highest BCUT2D eigenvalue weighted by molar-refractivity contribution is 5.93. The molecule has 0 radical (unpaired) electrons. The fraction of sp³-hybridized carbons (Fsp3) is 0.300. The van der Waals surface area contributed by atoms with Crippen LogP contribution in [-0.4, -0.2) is 18.7 Å². The standard InChI is InChI=1S/C20H22O5/c1-5-23-18(21)14-10-6-8-12-16(14)24-19(22)25-17-13-9-7-11-15(17)20(2,3)4/h6-13H,5H2,1-4H3. The van der Waals surface area contributed by atoms with Crippen molar-refractivity contribution in [2.45, 2.75) is 33.1 Å². The number of para-hydroxylation sites is 2. The van der Waals surface area contributed by atoms with Gasteiger partial charge in [0, 0.05) is 5.56 Å². The van der Waals surface area contributed by atoms with Crippen LogP contribution in [0.4, 0.5) is 4.79 Å². The molecule has 5 nitrogen and oxygen atoms in total. The zero-order valence-electron chi connectivity index (χ0n) is 14.9. The van der Waals surface area contributed by atoms with E-state index in [2.05, 4.69) is 0 Å². The molecule has 0 saturated heterocycles. The normalized spacial score (nSPS) is 10.9. The number of hydrogen-bond donors (Lipinski definition) is 0. The lowest BCUT2D eigenvalue weighted by Gasteiger charge is -2.21. The zero-order chi connectivity index (χ0) is 18.4. The van der Waals surface area contributed by atoms with Crippen LogP contribution in [0, 0.1) is 0 Å². The number of rotatable bonds is 4. The molecule has 2 aromatic carbocycles. The van der Waals surface area contributed by atoms with E-state index in [4.69, 9.17) is 14.2 Å². The second-order valence-corrected chi connectivity index (χ2v) is 6.42. The van der Waals surface area contributed by atoms with Crippen molar-refractivity contribution in [1.29, 1.82) is 0 Å². The largest absolute Gasteiger partial charge is 0.519 e. The van der Waals surface area contributed by atoms with Crippen molar-refractivity contribution in [1.82, 2.24) is 0 Å². The van der Waals surface area contributed by atoms with E-state index in [-0.39, 0.29) is 23.3 Å². The zero-order valence-corrected chi connectivity index (χ0v) is 14.9. The van der Waals surface area contributed by atoms with Gasteiger partial charge in [-0.1, -0.05) is 51.1 Å². The molecule has 0 bridgehead atoms. The van der Waals surface area contributed by atoms with Gasteiger partial charge in [0.1, 0.15) is 17.1 Å². The van der Waals surface area contributed by atoms with Crippen molar-refractivity contribution >= 4 is 12.1 Å². The molecule has 0 aromatic heterocycles. The van der Waals surface area contributed by atoms with Crippen LogP contribution in [0.3, 0.4) is 0 Å². The van der Waals surface area contributed by atoms with E-state index in [9.17, 15) is 9.59 Å². The first kappa shape index (κ1) is 18.5. The minimum atomic E-state index is -0.909. The number of benzene rings is 2. The third-order valence-electron chi connectivity index (χ3n) is 3.46. The lowest BCUT2D eigenvalue weighted by atomic mass is 9.86. The Morgan fingerprint density at radius 3 is 2.08 bits per heavy atom. The van der Waals surface area contributed by atoms with Gasteiger partial charge in [0.25, 0.3) is 0 Å². The highest BCUT2D eigenvalue weighted by Gasteiger charge is 2.22. The summed E-state index contributed by atoms with van der Waals surface area (Å²) in [6.45, 7) is 8.01. The summed E-state index contributed by atoms with van der Waals surface area (Å²) in [6.07, 6.45) is -0.909. The molecule has 0 spiro atoms. The van der Waals surface area contributed by atoms with Gasteiger partial charge in [-0.15, -0.1) is 0 Å². The molecule has 0 saturated carbocycles. The minimum Gasteiger partial charge on any atom is -0.462 e. The van der Waals surface area contributed by atoms with Crippen molar-refractivity contribution in [3.63, 3.8) is 0 Å². The predicted octanol–water partition coefficient (Wildman–Crippen LogP) is 4.74. The molecule has 5 heteroatoms. The van der Waals surface area contributed by atoms with Crippen molar-refractivity contribution in [2.24, 2.45) is 0 Å². The van der Waals surface area contributed by atoms with E-state index in [1.807, 2.05) is 32.9 Å². The topological polar surface area (TPSA) is 61.8 Å². The molecule has 0 fully saturated rings. The molecular weight excluding hydrogens is 320 g/mol. The van der Waals surface area contributed by atoms with Gasteiger partial charge in [0.15, 0.2) is 0 Å². The van der Waals surface area contributed by atoms with Crippen LogP contribution in [0.5, 0.6) is 11.5 Å². The van der Waals surface area contributed by atoms with Crippen LogP contribution in [0.2, 0.25) is 0 Å². The Bertz CT molecular complexity index is 759. The van der Waals surface area contributed by atoms with Crippen molar-refractivity contribution in [2.75, 3.05) is 6.61 Å². The molecule has 132 valence electrons. The molecule has 0 atom stereocenters. The second-order valence-electron chi connectivity index (χ2n) is 6.42. The summed E-state index contributed by atoms with van der Waals surface area (Å²) >= 11 is 0. The maximum absolute atomic E-state index is 12.2. The van der Waals surface area contributed by atoms with Crippen molar-refractivity contribution in [3.05, 3.63) is 59.7 Å². The SMILES string of the molecule is CCOC(=O)c1ccccc1OC(=O)Oc1ccccc1C(C)(C)C. The quantitative estimate of drug-likeness (QED) is 0.593. The monoisotopic (exact) mass is 342 g/mol. The molecule has 2 rings (SSSR count). The molecular formula is C20H22O5. The Labute approximate surface area is 147 Å². The van der Waals surface area contributed by atoms with Crippen LogP contribution in [0.1, 0.15) is 43.6 Å². The maximum atomic E-state index is 12.2. The van der Waals surface area contributed by atoms with Crippen molar-refractivity contribution < 1.29 is 23.8 Å². The fourth-order valence-corrected chi connectivity index (χ4v) is 2.31. The average Bonchev–Trinajstić information content (AvgIpc) is 2.55. The fourth-order valence-electron chi connectivity index (χ4n) is 2.31. The van der Waals surface area contributed by atoms with E-state index >= 15 is 0 Å². The molecule has 25 heavy (non-hydrogen) atoms. The van der Waals surface area contributed by atoms with Gasteiger partial charge in [0.2, 0.25) is 0 Å². The van der Waals surface area contributed by atoms with Gasteiger partial charge in [-0.05, 0) is 30.5 Å². The van der Waals surface area contributed by atoms with E-state index in [0.29, 0.717) is 5.75 Å². The first-order chi connectivity index (χ1) is 11.8. The van der Waals surface area contributed by atoms with Gasteiger partial charge >= 0.3 is 12.1 Å². The Balaban J connectivity index is 2.19. The highest BCUT2D eigenvalue weighted by atomic mass is 16.7. The third kappa shape index (κ3) is 4.83. The summed E-state index contributed by atoms with van der Waals surface area (Å²) in [5.74, 6) is -0.0335. The minimum absolute atomic E-state index is 0.0965.